The normalized spacial score (nSPS) is 23.7. The van der Waals surface area contributed by atoms with Gasteiger partial charge in [0, 0.05) is 11.7 Å². The largest absolute Gasteiger partial charge is 0.327 e. The van der Waals surface area contributed by atoms with E-state index in [0.717, 1.165) is 17.7 Å². The molecular weight excluding hydrogens is 188 g/mol. The van der Waals surface area contributed by atoms with Gasteiger partial charge in [-0.1, -0.05) is 12.1 Å². The van der Waals surface area contributed by atoms with Crippen molar-refractivity contribution in [3.8, 4) is 0 Å². The smallest absolute Gasteiger partial charge is 0.229 e. The second-order valence-corrected chi connectivity index (χ2v) is 4.24. The quantitative estimate of drug-likeness (QED) is 0.768. The van der Waals surface area contributed by atoms with Crippen molar-refractivity contribution in [2.75, 3.05) is 5.32 Å². The molecule has 0 aromatic heterocycles. The number of benzene rings is 1. The third-order valence-corrected chi connectivity index (χ3v) is 3.04. The fourth-order valence-corrected chi connectivity index (χ4v) is 1.63. The Morgan fingerprint density at radius 1 is 1.47 bits per heavy atom. The van der Waals surface area contributed by atoms with Crippen LogP contribution in [0.2, 0.25) is 0 Å². The molecule has 0 bridgehead atoms. The first-order chi connectivity index (χ1) is 7.09. The molecule has 3 heteroatoms. The van der Waals surface area contributed by atoms with Gasteiger partial charge < -0.3 is 11.1 Å². The van der Waals surface area contributed by atoms with Gasteiger partial charge in [0.05, 0.1) is 5.92 Å². The van der Waals surface area contributed by atoms with E-state index in [1.807, 2.05) is 32.0 Å². The summed E-state index contributed by atoms with van der Waals surface area (Å²) in [6.07, 6.45) is 0.816. The number of nitrogens with one attached hydrogen (secondary N) is 1. The summed E-state index contributed by atoms with van der Waals surface area (Å²) < 4.78 is 0. The van der Waals surface area contributed by atoms with Crippen LogP contribution in [0.5, 0.6) is 0 Å². The molecule has 80 valence electrons. The highest BCUT2D eigenvalue weighted by atomic mass is 16.2. The molecule has 0 heterocycles. The van der Waals surface area contributed by atoms with E-state index in [2.05, 4.69) is 5.32 Å². The molecule has 2 unspecified atom stereocenters. The lowest BCUT2D eigenvalue weighted by Crippen LogP contribution is -2.19. The van der Waals surface area contributed by atoms with E-state index < -0.39 is 0 Å². The third-order valence-electron chi connectivity index (χ3n) is 3.04. The van der Waals surface area contributed by atoms with E-state index >= 15 is 0 Å². The molecule has 2 rings (SSSR count). The van der Waals surface area contributed by atoms with Crippen molar-refractivity contribution in [3.05, 3.63) is 29.3 Å². The van der Waals surface area contributed by atoms with Gasteiger partial charge in [-0.2, -0.15) is 0 Å². The molecule has 1 amide bonds. The number of nitrogens with two attached hydrogens (primary N) is 1. The highest BCUT2D eigenvalue weighted by Gasteiger charge is 2.40. The molecule has 2 atom stereocenters. The predicted octanol–water partition coefficient (Wildman–Crippen LogP) is 1.59. The van der Waals surface area contributed by atoms with Gasteiger partial charge in [0.15, 0.2) is 0 Å². The summed E-state index contributed by atoms with van der Waals surface area (Å²) in [5, 5.41) is 2.92. The molecule has 3 N–H and O–H groups in total. The Morgan fingerprint density at radius 3 is 2.73 bits per heavy atom. The van der Waals surface area contributed by atoms with Crippen LogP contribution in [-0.4, -0.2) is 11.9 Å². The van der Waals surface area contributed by atoms with E-state index in [0.29, 0.717) is 0 Å². The van der Waals surface area contributed by atoms with Crippen molar-refractivity contribution in [2.24, 2.45) is 11.7 Å². The number of aryl methyl sites for hydroxylation is 1. The lowest BCUT2D eigenvalue weighted by molar-refractivity contribution is -0.117. The molecule has 1 aromatic rings. The summed E-state index contributed by atoms with van der Waals surface area (Å²) >= 11 is 0. The van der Waals surface area contributed by atoms with Crippen LogP contribution in [0.25, 0.3) is 0 Å². The highest BCUT2D eigenvalue weighted by molar-refractivity contribution is 5.95. The molecule has 1 aliphatic rings. The fourth-order valence-electron chi connectivity index (χ4n) is 1.63. The van der Waals surface area contributed by atoms with Crippen molar-refractivity contribution in [2.45, 2.75) is 26.3 Å². The van der Waals surface area contributed by atoms with Crippen LogP contribution in [0, 0.1) is 19.8 Å². The molecule has 3 nitrogen and oxygen atoms in total. The second kappa shape index (κ2) is 3.66. The molecule has 1 aliphatic carbocycles. The van der Waals surface area contributed by atoms with Crippen molar-refractivity contribution in [3.63, 3.8) is 0 Å². The maximum Gasteiger partial charge on any atom is 0.229 e. The van der Waals surface area contributed by atoms with Crippen molar-refractivity contribution < 1.29 is 4.79 Å². The Morgan fingerprint density at radius 2 is 2.13 bits per heavy atom. The summed E-state index contributed by atoms with van der Waals surface area (Å²) in [6.45, 7) is 4.05. The Labute approximate surface area is 89.7 Å². The van der Waals surface area contributed by atoms with Crippen LogP contribution in [0.3, 0.4) is 0 Å². The summed E-state index contributed by atoms with van der Waals surface area (Å²) in [7, 11) is 0. The minimum atomic E-state index is 0.0184. The van der Waals surface area contributed by atoms with Gasteiger partial charge in [-0.3, -0.25) is 4.79 Å². The van der Waals surface area contributed by atoms with E-state index in [9.17, 15) is 4.79 Å². The van der Waals surface area contributed by atoms with Gasteiger partial charge in [-0.25, -0.2) is 0 Å². The molecule has 0 aliphatic heterocycles. The molecular formula is C12H16N2O. The maximum absolute atomic E-state index is 11.7. The standard InChI is InChI=1S/C12H16N2O/c1-7-4-3-5-11(8(7)2)14-12(15)9-6-10(9)13/h3-5,9-10H,6,13H2,1-2H3,(H,14,15). The van der Waals surface area contributed by atoms with Gasteiger partial charge in [0.1, 0.15) is 0 Å². The van der Waals surface area contributed by atoms with E-state index in [1.54, 1.807) is 0 Å². The lowest BCUT2D eigenvalue weighted by Gasteiger charge is -2.09. The molecule has 1 saturated carbocycles. The number of carbonyl (C=O) groups is 1. The molecule has 0 saturated heterocycles. The van der Waals surface area contributed by atoms with E-state index in [-0.39, 0.29) is 17.9 Å². The van der Waals surface area contributed by atoms with Gasteiger partial charge in [-0.05, 0) is 37.5 Å². The highest BCUT2D eigenvalue weighted by Crippen LogP contribution is 2.29. The zero-order chi connectivity index (χ0) is 11.0. The lowest BCUT2D eigenvalue weighted by atomic mass is 10.1. The molecule has 0 spiro atoms. The van der Waals surface area contributed by atoms with Gasteiger partial charge >= 0.3 is 0 Å². The zero-order valence-electron chi connectivity index (χ0n) is 9.08. The summed E-state index contributed by atoms with van der Waals surface area (Å²) in [4.78, 5) is 11.7. The predicted molar refractivity (Wildman–Crippen MR) is 60.6 cm³/mol. The summed E-state index contributed by atoms with van der Waals surface area (Å²) in [5.74, 6) is 0.0705. The van der Waals surface area contributed by atoms with Crippen molar-refractivity contribution in [1.82, 2.24) is 0 Å². The molecule has 1 fully saturated rings. The monoisotopic (exact) mass is 204 g/mol. The van der Waals surface area contributed by atoms with Crippen LogP contribution < -0.4 is 11.1 Å². The van der Waals surface area contributed by atoms with Crippen LogP contribution in [-0.2, 0) is 4.79 Å². The minimum Gasteiger partial charge on any atom is -0.327 e. The Hall–Kier alpha value is -1.35. The Kier molecular flexibility index (Phi) is 2.49. The van der Waals surface area contributed by atoms with Crippen molar-refractivity contribution >= 4 is 11.6 Å². The first-order valence-electron chi connectivity index (χ1n) is 5.22. The van der Waals surface area contributed by atoms with Crippen molar-refractivity contribution in [1.29, 1.82) is 0 Å². The second-order valence-electron chi connectivity index (χ2n) is 4.24. The molecule has 15 heavy (non-hydrogen) atoms. The minimum absolute atomic E-state index is 0.0184. The Balaban J connectivity index is 2.10. The first-order valence-corrected chi connectivity index (χ1v) is 5.22. The average Bonchev–Trinajstić information content (AvgIpc) is 2.91. The summed E-state index contributed by atoms with van der Waals surface area (Å²) in [5.41, 5.74) is 8.84. The number of rotatable bonds is 2. The number of hydrogen-bond acceptors (Lipinski definition) is 2. The summed E-state index contributed by atoms with van der Waals surface area (Å²) in [6, 6.07) is 5.97. The average molecular weight is 204 g/mol. The SMILES string of the molecule is Cc1cccc(NC(=O)C2CC2N)c1C. The Bertz CT molecular complexity index is 401. The fraction of sp³-hybridized carbons (Fsp3) is 0.417. The van der Waals surface area contributed by atoms with Gasteiger partial charge in [0.25, 0.3) is 0 Å². The van der Waals surface area contributed by atoms with Gasteiger partial charge in [-0.15, -0.1) is 0 Å². The van der Waals surface area contributed by atoms with E-state index in [4.69, 9.17) is 5.73 Å². The number of amides is 1. The van der Waals surface area contributed by atoms with Crippen LogP contribution in [0.4, 0.5) is 5.69 Å². The van der Waals surface area contributed by atoms with Crippen LogP contribution in [0.15, 0.2) is 18.2 Å². The maximum atomic E-state index is 11.7. The van der Waals surface area contributed by atoms with Crippen LogP contribution in [0.1, 0.15) is 17.5 Å². The number of hydrogen-bond donors (Lipinski definition) is 2. The van der Waals surface area contributed by atoms with Crippen LogP contribution >= 0.6 is 0 Å². The third kappa shape index (κ3) is 2.02. The molecule has 1 aromatic carbocycles. The zero-order valence-corrected chi connectivity index (χ0v) is 9.08. The first kappa shape index (κ1) is 10.2. The molecule has 0 radical (unpaired) electrons. The number of carbonyl (C=O) groups excluding carboxylic acids is 1. The van der Waals surface area contributed by atoms with E-state index in [1.165, 1.54) is 5.56 Å². The number of anilines is 1. The van der Waals surface area contributed by atoms with Gasteiger partial charge in [0.2, 0.25) is 5.91 Å². The topological polar surface area (TPSA) is 55.1 Å².